The van der Waals surface area contributed by atoms with Gasteiger partial charge in [0, 0.05) is 25.5 Å². The lowest BCUT2D eigenvalue weighted by Gasteiger charge is -2.27. The quantitative estimate of drug-likeness (QED) is 0.729. The first-order chi connectivity index (χ1) is 8.36. The highest BCUT2D eigenvalue weighted by molar-refractivity contribution is 5.93. The summed E-state index contributed by atoms with van der Waals surface area (Å²) in [6.45, 7) is 2.55. The highest BCUT2D eigenvalue weighted by atomic mass is 16.5. The second-order valence-corrected chi connectivity index (χ2v) is 3.97. The average molecular weight is 231 g/mol. The molecule has 17 heavy (non-hydrogen) atoms. The van der Waals surface area contributed by atoms with Gasteiger partial charge in [0.25, 0.3) is 5.91 Å². The number of rotatable bonds is 1. The van der Waals surface area contributed by atoms with E-state index in [4.69, 9.17) is 4.74 Å². The lowest BCUT2D eigenvalue weighted by molar-refractivity contribution is 0.0298. The van der Waals surface area contributed by atoms with Gasteiger partial charge in [-0.2, -0.15) is 0 Å². The molecular weight excluding hydrogens is 218 g/mol. The zero-order chi connectivity index (χ0) is 11.7. The normalized spacial score (nSPS) is 16.4. The standard InChI is InChI=1S/C12H13N3O2/c16-12(14-6-8-17-9-7-14)10-2-1-3-11-13-4-5-15(10)11/h1-5H,6-9H2. The Morgan fingerprint density at radius 2 is 2.12 bits per heavy atom. The van der Waals surface area contributed by atoms with E-state index >= 15 is 0 Å². The Bertz CT molecular complexity index is 543. The van der Waals surface area contributed by atoms with Crippen molar-refractivity contribution in [2.24, 2.45) is 0 Å². The Labute approximate surface area is 98.6 Å². The van der Waals surface area contributed by atoms with Crippen LogP contribution in [-0.2, 0) is 4.74 Å². The van der Waals surface area contributed by atoms with Crippen LogP contribution in [0.3, 0.4) is 0 Å². The molecule has 0 unspecified atom stereocenters. The van der Waals surface area contributed by atoms with Crippen LogP contribution in [0.5, 0.6) is 0 Å². The zero-order valence-corrected chi connectivity index (χ0v) is 9.37. The number of amides is 1. The van der Waals surface area contributed by atoms with Crippen LogP contribution in [0.1, 0.15) is 10.5 Å². The second kappa shape index (κ2) is 4.18. The molecule has 88 valence electrons. The van der Waals surface area contributed by atoms with E-state index in [1.165, 1.54) is 0 Å². The van der Waals surface area contributed by atoms with Crippen molar-refractivity contribution in [3.8, 4) is 0 Å². The van der Waals surface area contributed by atoms with Crippen LogP contribution in [0, 0.1) is 0 Å². The molecule has 3 heterocycles. The van der Waals surface area contributed by atoms with Gasteiger partial charge in [0.2, 0.25) is 0 Å². The van der Waals surface area contributed by atoms with E-state index in [9.17, 15) is 4.79 Å². The third kappa shape index (κ3) is 1.78. The van der Waals surface area contributed by atoms with Crippen LogP contribution >= 0.6 is 0 Å². The summed E-state index contributed by atoms with van der Waals surface area (Å²) in [5, 5.41) is 0. The van der Waals surface area contributed by atoms with Gasteiger partial charge in [-0.15, -0.1) is 0 Å². The molecule has 0 aromatic carbocycles. The molecule has 0 radical (unpaired) electrons. The van der Waals surface area contributed by atoms with Gasteiger partial charge in [0.15, 0.2) is 0 Å². The molecule has 1 fully saturated rings. The summed E-state index contributed by atoms with van der Waals surface area (Å²) in [7, 11) is 0. The van der Waals surface area contributed by atoms with Crippen LogP contribution in [0.2, 0.25) is 0 Å². The van der Waals surface area contributed by atoms with E-state index in [-0.39, 0.29) is 5.91 Å². The predicted octanol–water partition coefficient (Wildman–Crippen LogP) is 0.807. The maximum Gasteiger partial charge on any atom is 0.271 e. The first-order valence-corrected chi connectivity index (χ1v) is 5.65. The Morgan fingerprint density at radius 3 is 2.94 bits per heavy atom. The van der Waals surface area contributed by atoms with Crippen molar-refractivity contribution in [1.29, 1.82) is 0 Å². The van der Waals surface area contributed by atoms with E-state index < -0.39 is 0 Å². The number of fused-ring (bicyclic) bond motifs is 1. The fourth-order valence-corrected chi connectivity index (χ4v) is 2.05. The van der Waals surface area contributed by atoms with Crippen molar-refractivity contribution in [2.75, 3.05) is 26.3 Å². The highest BCUT2D eigenvalue weighted by Gasteiger charge is 2.20. The summed E-state index contributed by atoms with van der Waals surface area (Å²) >= 11 is 0. The molecule has 2 aromatic heterocycles. The van der Waals surface area contributed by atoms with E-state index in [1.54, 1.807) is 6.20 Å². The largest absolute Gasteiger partial charge is 0.378 e. The van der Waals surface area contributed by atoms with Gasteiger partial charge in [-0.1, -0.05) is 6.07 Å². The Morgan fingerprint density at radius 1 is 1.29 bits per heavy atom. The van der Waals surface area contributed by atoms with E-state index in [0.29, 0.717) is 32.0 Å². The number of nitrogens with zero attached hydrogens (tertiary/aromatic N) is 3. The molecule has 0 saturated carbocycles. The van der Waals surface area contributed by atoms with Crippen molar-refractivity contribution in [3.63, 3.8) is 0 Å². The monoisotopic (exact) mass is 231 g/mol. The molecule has 1 aliphatic rings. The molecule has 3 rings (SSSR count). The molecule has 5 heteroatoms. The topological polar surface area (TPSA) is 46.8 Å². The summed E-state index contributed by atoms with van der Waals surface area (Å²) in [5.41, 5.74) is 1.45. The van der Waals surface area contributed by atoms with E-state index in [1.807, 2.05) is 33.7 Å². The lowest BCUT2D eigenvalue weighted by atomic mass is 10.3. The van der Waals surface area contributed by atoms with Crippen molar-refractivity contribution in [3.05, 3.63) is 36.3 Å². The molecule has 0 aliphatic carbocycles. The van der Waals surface area contributed by atoms with E-state index in [2.05, 4.69) is 4.98 Å². The molecule has 0 N–H and O–H groups in total. The smallest absolute Gasteiger partial charge is 0.271 e. The first kappa shape index (κ1) is 10.3. The van der Waals surface area contributed by atoms with Gasteiger partial charge in [0.1, 0.15) is 11.3 Å². The minimum Gasteiger partial charge on any atom is -0.378 e. The van der Waals surface area contributed by atoms with Gasteiger partial charge in [0.05, 0.1) is 13.2 Å². The van der Waals surface area contributed by atoms with Gasteiger partial charge < -0.3 is 9.64 Å². The van der Waals surface area contributed by atoms with Gasteiger partial charge in [-0.3, -0.25) is 9.20 Å². The number of hydrogen-bond donors (Lipinski definition) is 0. The van der Waals surface area contributed by atoms with Crippen molar-refractivity contribution >= 4 is 11.6 Å². The van der Waals surface area contributed by atoms with Gasteiger partial charge >= 0.3 is 0 Å². The molecule has 1 saturated heterocycles. The Kier molecular flexibility index (Phi) is 2.53. The SMILES string of the molecule is O=C(c1cccc2nccn12)N1CCOCC1. The number of hydrogen-bond acceptors (Lipinski definition) is 3. The van der Waals surface area contributed by atoms with Crippen LogP contribution in [-0.4, -0.2) is 46.5 Å². The summed E-state index contributed by atoms with van der Waals surface area (Å²) < 4.78 is 7.06. The Balaban J connectivity index is 1.97. The molecule has 5 nitrogen and oxygen atoms in total. The average Bonchev–Trinajstić information content (AvgIpc) is 2.87. The number of carbonyl (C=O) groups excluding carboxylic acids is 1. The fourth-order valence-electron chi connectivity index (χ4n) is 2.05. The molecule has 1 amide bonds. The van der Waals surface area contributed by atoms with Crippen LogP contribution in [0.4, 0.5) is 0 Å². The fraction of sp³-hybridized carbons (Fsp3) is 0.333. The summed E-state index contributed by atoms with van der Waals surface area (Å²) in [4.78, 5) is 18.3. The maximum atomic E-state index is 12.3. The van der Waals surface area contributed by atoms with Crippen LogP contribution in [0.25, 0.3) is 5.65 Å². The van der Waals surface area contributed by atoms with Crippen molar-refractivity contribution < 1.29 is 9.53 Å². The molecule has 2 aromatic rings. The summed E-state index contributed by atoms with van der Waals surface area (Å²) in [5.74, 6) is 0.0388. The number of carbonyl (C=O) groups is 1. The third-order valence-electron chi connectivity index (χ3n) is 2.95. The van der Waals surface area contributed by atoms with Crippen LogP contribution in [0.15, 0.2) is 30.6 Å². The minimum absolute atomic E-state index is 0.0388. The van der Waals surface area contributed by atoms with Crippen LogP contribution < -0.4 is 0 Å². The summed E-state index contributed by atoms with van der Waals surface area (Å²) in [6.07, 6.45) is 3.51. The maximum absolute atomic E-state index is 12.3. The molecule has 0 bridgehead atoms. The molecule has 0 spiro atoms. The number of ether oxygens (including phenoxy) is 1. The van der Waals surface area contributed by atoms with Gasteiger partial charge in [-0.25, -0.2) is 4.98 Å². The summed E-state index contributed by atoms with van der Waals surface area (Å²) in [6, 6.07) is 5.57. The number of imidazole rings is 1. The molecule has 1 aliphatic heterocycles. The lowest BCUT2D eigenvalue weighted by Crippen LogP contribution is -2.41. The van der Waals surface area contributed by atoms with E-state index in [0.717, 1.165) is 5.65 Å². The van der Waals surface area contributed by atoms with Crippen molar-refractivity contribution in [2.45, 2.75) is 0 Å². The first-order valence-electron chi connectivity index (χ1n) is 5.65. The zero-order valence-electron chi connectivity index (χ0n) is 9.37. The molecular formula is C12H13N3O2. The highest BCUT2D eigenvalue weighted by Crippen LogP contribution is 2.10. The number of aromatic nitrogens is 2. The number of pyridine rings is 1. The number of morpholine rings is 1. The predicted molar refractivity (Wildman–Crippen MR) is 61.9 cm³/mol. The molecule has 0 atom stereocenters. The van der Waals surface area contributed by atoms with Gasteiger partial charge in [-0.05, 0) is 12.1 Å². The van der Waals surface area contributed by atoms with Crippen molar-refractivity contribution in [1.82, 2.24) is 14.3 Å². The second-order valence-electron chi connectivity index (χ2n) is 3.97. The third-order valence-corrected chi connectivity index (χ3v) is 2.95. The minimum atomic E-state index is 0.0388. The Hall–Kier alpha value is -1.88.